The highest BCUT2D eigenvalue weighted by Crippen LogP contribution is 2.55. The van der Waals surface area contributed by atoms with Crippen molar-refractivity contribution in [2.75, 3.05) is 0 Å². The van der Waals surface area contributed by atoms with Gasteiger partial charge < -0.3 is 0 Å². The van der Waals surface area contributed by atoms with Crippen molar-refractivity contribution in [1.82, 2.24) is 27.9 Å². The van der Waals surface area contributed by atoms with E-state index in [-0.39, 0.29) is 16.7 Å². The number of rotatable bonds is 8. The van der Waals surface area contributed by atoms with Crippen LogP contribution in [0.4, 0.5) is 0 Å². The molecule has 91 heavy (non-hydrogen) atoms. The lowest BCUT2D eigenvalue weighted by Crippen LogP contribution is -2.12. The van der Waals surface area contributed by atoms with Gasteiger partial charge in [0.05, 0.1) is 49.7 Å². The number of hydrogen-bond donors (Lipinski definition) is 0. The maximum atomic E-state index is 12.6. The van der Waals surface area contributed by atoms with E-state index in [0.717, 1.165) is 128 Å². The number of hydrogen-bond acceptors (Lipinski definition) is 3. The van der Waals surface area contributed by atoms with E-state index in [1.165, 1.54) is 33.4 Å². The minimum Gasteiger partial charge on any atom is -0.278 e. The first kappa shape index (κ1) is 53.9. The minimum absolute atomic E-state index is 0.0990. The fraction of sp³-hybridized carbons (Fsp3) is 0.107. The van der Waals surface area contributed by atoms with Crippen LogP contribution < -0.4 is 0 Å². The Morgan fingerprint density at radius 1 is 0.341 bits per heavy atom. The van der Waals surface area contributed by atoms with E-state index in [1.54, 1.807) is 0 Å². The number of benzene rings is 12. The summed E-state index contributed by atoms with van der Waals surface area (Å²) in [6.07, 6.45) is 0. The largest absolute Gasteiger partial charge is 0.278 e. The standard InChI is InChI=1S/C84H63N7/c1-83(2,3)59-36-38-63-67(48-59)68-49-60(84(4,5)6)37-39-64(68)79(63)80-66(58-35-43-73-77(47-58)91-75-45-56(53-24-14-8-15-25-53)33-41-71(75)87-82(91)89(73)62-30-20-11-21-31-62)50-65(78(69(80)51-85)54-26-16-9-17-27-54)57-34-42-72-76(46-57)90-74-44-55(52-22-12-7-13-23-52)32-40-70(74)86-81(90)88(72)61-28-18-10-19-29-61/h7-50,79H,1-6H3. The molecule has 4 heterocycles. The zero-order valence-electron chi connectivity index (χ0n) is 51.6. The Morgan fingerprint density at radius 3 is 1.16 bits per heavy atom. The Morgan fingerprint density at radius 2 is 0.736 bits per heavy atom. The zero-order valence-corrected chi connectivity index (χ0v) is 51.6. The fourth-order valence-corrected chi connectivity index (χ4v) is 14.5. The summed E-state index contributed by atoms with van der Waals surface area (Å²) in [5.41, 5.74) is 29.0. The van der Waals surface area contributed by atoms with Gasteiger partial charge in [-0.3, -0.25) is 17.9 Å². The molecule has 0 aliphatic heterocycles. The first-order chi connectivity index (χ1) is 44.4. The Bertz CT molecular complexity index is 5590. The molecular formula is C84H63N7. The average molecular weight is 1170 g/mol. The van der Waals surface area contributed by atoms with Crippen molar-refractivity contribution >= 4 is 55.7 Å². The van der Waals surface area contributed by atoms with Crippen molar-refractivity contribution in [3.63, 3.8) is 0 Å². The normalized spacial score (nSPS) is 12.7. The molecular weight excluding hydrogens is 1110 g/mol. The van der Waals surface area contributed by atoms with Gasteiger partial charge in [0.2, 0.25) is 11.6 Å². The molecule has 0 amide bonds. The summed E-state index contributed by atoms with van der Waals surface area (Å²) in [7, 11) is 0. The van der Waals surface area contributed by atoms with Crippen LogP contribution in [0.5, 0.6) is 0 Å². The first-order valence-corrected chi connectivity index (χ1v) is 31.5. The van der Waals surface area contributed by atoms with E-state index in [4.69, 9.17) is 9.97 Å². The number of nitrogens with zero attached hydrogens (tertiary/aromatic N) is 7. The summed E-state index contributed by atoms with van der Waals surface area (Å²) in [5.74, 6) is 1.34. The maximum absolute atomic E-state index is 12.6. The average Bonchev–Trinajstić information content (AvgIpc) is 1.60. The van der Waals surface area contributed by atoms with Crippen LogP contribution in [0.3, 0.4) is 0 Å². The molecule has 1 aliphatic rings. The van der Waals surface area contributed by atoms with Gasteiger partial charge in [0.25, 0.3) is 0 Å². The predicted molar refractivity (Wildman–Crippen MR) is 375 cm³/mol. The van der Waals surface area contributed by atoms with E-state index in [1.807, 2.05) is 0 Å². The fourth-order valence-electron chi connectivity index (χ4n) is 14.5. The van der Waals surface area contributed by atoms with Crippen LogP contribution in [0, 0.1) is 11.3 Å². The van der Waals surface area contributed by atoms with Crippen molar-refractivity contribution < 1.29 is 0 Å². The Balaban J connectivity index is 1.00. The molecule has 12 aromatic carbocycles. The molecule has 1 aliphatic carbocycles. The third-order valence-corrected chi connectivity index (χ3v) is 19.0. The van der Waals surface area contributed by atoms with Gasteiger partial charge in [0.15, 0.2) is 0 Å². The van der Waals surface area contributed by atoms with Crippen LogP contribution in [0.25, 0.3) is 134 Å². The van der Waals surface area contributed by atoms with Crippen LogP contribution in [0.15, 0.2) is 267 Å². The Kier molecular flexibility index (Phi) is 12.1. The van der Waals surface area contributed by atoms with Gasteiger partial charge in [-0.2, -0.15) is 5.26 Å². The number of imidazole rings is 4. The van der Waals surface area contributed by atoms with Gasteiger partial charge in [0, 0.05) is 22.9 Å². The number of fused-ring (bicyclic) bond motifs is 13. The van der Waals surface area contributed by atoms with E-state index in [2.05, 4.69) is 332 Å². The molecule has 0 N–H and O–H groups in total. The maximum Gasteiger partial charge on any atom is 0.220 e. The van der Waals surface area contributed by atoms with Crippen molar-refractivity contribution in [2.45, 2.75) is 58.3 Å². The summed E-state index contributed by atoms with van der Waals surface area (Å²) in [4.78, 5) is 10.9. The minimum atomic E-state index is -0.306. The molecule has 0 bridgehead atoms. The molecule has 17 rings (SSSR count). The van der Waals surface area contributed by atoms with Gasteiger partial charge in [-0.1, -0.05) is 230 Å². The molecule has 0 saturated heterocycles. The quantitative estimate of drug-likeness (QED) is 0.152. The Hall–Kier alpha value is -11.3. The smallest absolute Gasteiger partial charge is 0.220 e. The molecule has 0 radical (unpaired) electrons. The third-order valence-electron chi connectivity index (χ3n) is 19.0. The van der Waals surface area contributed by atoms with Crippen molar-refractivity contribution in [3.05, 3.63) is 300 Å². The number of aromatic nitrogens is 6. The second-order valence-electron chi connectivity index (χ2n) is 26.5. The second kappa shape index (κ2) is 20.4. The van der Waals surface area contributed by atoms with Gasteiger partial charge in [0.1, 0.15) is 6.07 Å². The first-order valence-electron chi connectivity index (χ1n) is 31.5. The van der Waals surface area contributed by atoms with E-state index >= 15 is 0 Å². The van der Waals surface area contributed by atoms with Crippen LogP contribution >= 0.6 is 0 Å². The highest BCUT2D eigenvalue weighted by Gasteiger charge is 2.38. The second-order valence-corrected chi connectivity index (χ2v) is 26.5. The highest BCUT2D eigenvalue weighted by atomic mass is 15.2. The summed E-state index contributed by atoms with van der Waals surface area (Å²) < 4.78 is 9.24. The molecule has 7 nitrogen and oxygen atoms in total. The predicted octanol–water partition coefficient (Wildman–Crippen LogP) is 21.1. The van der Waals surface area contributed by atoms with Gasteiger partial charge in [-0.05, 0) is 179 Å². The molecule has 0 unspecified atom stereocenters. The lowest BCUT2D eigenvalue weighted by Gasteiger charge is -2.26. The van der Waals surface area contributed by atoms with E-state index in [0.29, 0.717) is 5.56 Å². The molecule has 16 aromatic rings. The topological polar surface area (TPSA) is 68.2 Å². The van der Waals surface area contributed by atoms with Gasteiger partial charge >= 0.3 is 0 Å². The highest BCUT2D eigenvalue weighted by molar-refractivity contribution is 6.02. The summed E-state index contributed by atoms with van der Waals surface area (Å²) >= 11 is 0. The van der Waals surface area contributed by atoms with Crippen molar-refractivity contribution in [3.8, 4) is 84.2 Å². The summed E-state index contributed by atoms with van der Waals surface area (Å²) in [6.45, 7) is 13.8. The SMILES string of the molecule is CC(C)(C)c1ccc2c(c1)-c1cc(C(C)(C)C)ccc1C2c1c(-c2ccc3c(c2)n2c4cc(-c5ccccc5)ccc4nc2n3-c2ccccc2)cc(-c2ccc3c(c2)n2c4cc(-c5ccccc5)ccc4nc2n3-c2ccccc2)c(-c2ccccc2)c1C#N. The lowest BCUT2D eigenvalue weighted by atomic mass is 9.76. The molecule has 4 aromatic heterocycles. The molecule has 0 fully saturated rings. The van der Waals surface area contributed by atoms with E-state index in [9.17, 15) is 5.26 Å². The van der Waals surface area contributed by atoms with E-state index < -0.39 is 0 Å². The summed E-state index contributed by atoms with van der Waals surface area (Å²) in [6, 6.07) is 99.5. The van der Waals surface area contributed by atoms with Gasteiger partial charge in [-0.25, -0.2) is 9.97 Å². The molecule has 0 saturated carbocycles. The van der Waals surface area contributed by atoms with Crippen LogP contribution in [-0.2, 0) is 10.8 Å². The molecule has 434 valence electrons. The van der Waals surface area contributed by atoms with Gasteiger partial charge in [-0.15, -0.1) is 0 Å². The Labute approximate surface area is 528 Å². The van der Waals surface area contributed by atoms with Crippen LogP contribution in [0.1, 0.15) is 80.8 Å². The molecule has 0 spiro atoms. The zero-order chi connectivity index (χ0) is 61.4. The third kappa shape index (κ3) is 8.54. The number of para-hydroxylation sites is 2. The van der Waals surface area contributed by atoms with Crippen LogP contribution in [0.2, 0.25) is 0 Å². The van der Waals surface area contributed by atoms with Crippen molar-refractivity contribution in [2.24, 2.45) is 0 Å². The summed E-state index contributed by atoms with van der Waals surface area (Å²) in [5, 5.41) is 12.6. The van der Waals surface area contributed by atoms with Crippen molar-refractivity contribution in [1.29, 1.82) is 5.26 Å². The lowest BCUT2D eigenvalue weighted by molar-refractivity contribution is 0.589. The number of nitriles is 1. The molecule has 7 heteroatoms. The molecule has 0 atom stereocenters. The van der Waals surface area contributed by atoms with Crippen LogP contribution in [-0.4, -0.2) is 27.9 Å². The monoisotopic (exact) mass is 1170 g/mol.